The molecule has 8 nitrogen and oxygen atoms in total. The van der Waals surface area contributed by atoms with Crippen LogP contribution in [0.2, 0.25) is 5.02 Å². The van der Waals surface area contributed by atoms with Gasteiger partial charge >= 0.3 is 0 Å². The van der Waals surface area contributed by atoms with Gasteiger partial charge in [0.1, 0.15) is 18.0 Å². The molecule has 10 heteroatoms. The third kappa shape index (κ3) is 5.86. The lowest BCUT2D eigenvalue weighted by Gasteiger charge is -2.25. The van der Waals surface area contributed by atoms with Crippen molar-refractivity contribution in [1.29, 1.82) is 0 Å². The van der Waals surface area contributed by atoms with E-state index in [1.54, 1.807) is 48.5 Å². The van der Waals surface area contributed by atoms with E-state index < -0.39 is 22.5 Å². The highest BCUT2D eigenvalue weighted by Gasteiger charge is 2.29. The number of hydrogen-bond donors (Lipinski definition) is 1. The fraction of sp³-hybridized carbons (Fsp3) is 0.167. The molecule has 0 fully saturated rings. The highest BCUT2D eigenvalue weighted by molar-refractivity contribution is 7.92. The maximum atomic E-state index is 13.5. The number of methoxy groups -OCH3 is 2. The predicted octanol–water partition coefficient (Wildman–Crippen LogP) is 4.01. The number of carbonyl (C=O) groups excluding carboxylic acids is 1. The third-order valence-corrected chi connectivity index (χ3v) is 6.97. The molecule has 0 aliphatic carbocycles. The molecule has 0 saturated carbocycles. The zero-order valence-corrected chi connectivity index (χ0v) is 20.4. The quantitative estimate of drug-likeness (QED) is 0.353. The number of aryl methyl sites for hydroxylation is 1. The maximum Gasteiger partial charge on any atom is 0.264 e. The molecule has 0 aromatic heterocycles. The number of anilines is 1. The number of sulfonamides is 1. The van der Waals surface area contributed by atoms with Crippen LogP contribution in [0.1, 0.15) is 11.1 Å². The predicted molar refractivity (Wildman–Crippen MR) is 132 cm³/mol. The molecule has 0 radical (unpaired) electrons. The zero-order valence-electron chi connectivity index (χ0n) is 18.9. The van der Waals surface area contributed by atoms with Gasteiger partial charge in [-0.1, -0.05) is 47.5 Å². The summed E-state index contributed by atoms with van der Waals surface area (Å²) < 4.78 is 38.7. The molecule has 0 aliphatic heterocycles. The molecule has 0 atom stereocenters. The van der Waals surface area contributed by atoms with Crippen LogP contribution in [0.4, 0.5) is 5.69 Å². The smallest absolute Gasteiger partial charge is 0.264 e. The van der Waals surface area contributed by atoms with Gasteiger partial charge in [0.15, 0.2) is 0 Å². The number of hydrazone groups is 1. The van der Waals surface area contributed by atoms with Crippen molar-refractivity contribution in [1.82, 2.24) is 5.43 Å². The van der Waals surface area contributed by atoms with E-state index in [0.29, 0.717) is 16.3 Å². The standard InChI is InChI=1S/C24H24ClN3O5S/c1-17-8-11-20(12-9-17)34(30,31)28(22-13-10-19(32-2)14-23(22)33-3)16-24(29)27-26-15-18-6-4-5-7-21(18)25/h4-15H,16H2,1-3H3,(H,27,29)/b26-15-. The first-order valence-electron chi connectivity index (χ1n) is 10.1. The number of nitrogens with zero attached hydrogens (tertiary/aromatic N) is 2. The average molecular weight is 502 g/mol. The van der Waals surface area contributed by atoms with Gasteiger partial charge in [0.2, 0.25) is 0 Å². The Balaban J connectivity index is 1.94. The summed E-state index contributed by atoms with van der Waals surface area (Å²) in [6.07, 6.45) is 1.38. The van der Waals surface area contributed by atoms with Crippen molar-refractivity contribution >= 4 is 39.4 Å². The van der Waals surface area contributed by atoms with Gasteiger partial charge in [-0.05, 0) is 37.3 Å². The minimum Gasteiger partial charge on any atom is -0.497 e. The van der Waals surface area contributed by atoms with Crippen molar-refractivity contribution in [3.05, 3.63) is 82.9 Å². The average Bonchev–Trinajstić information content (AvgIpc) is 2.83. The van der Waals surface area contributed by atoms with E-state index in [2.05, 4.69) is 10.5 Å². The SMILES string of the molecule is COc1ccc(N(CC(=O)N/N=C\c2ccccc2Cl)S(=O)(=O)c2ccc(C)cc2)c(OC)c1. The minimum atomic E-state index is -4.12. The first-order valence-corrected chi connectivity index (χ1v) is 12.0. The molecule has 1 N–H and O–H groups in total. The Hall–Kier alpha value is -3.56. The number of hydrogen-bond acceptors (Lipinski definition) is 6. The summed E-state index contributed by atoms with van der Waals surface area (Å²) in [5.41, 5.74) is 4.03. The van der Waals surface area contributed by atoms with Gasteiger partial charge in [0, 0.05) is 16.7 Å². The number of halogens is 1. The second-order valence-electron chi connectivity index (χ2n) is 7.18. The second-order valence-corrected chi connectivity index (χ2v) is 9.45. The molecule has 0 saturated heterocycles. The normalized spacial score (nSPS) is 11.3. The minimum absolute atomic E-state index is 0.0309. The van der Waals surface area contributed by atoms with E-state index in [0.717, 1.165) is 9.87 Å². The van der Waals surface area contributed by atoms with Crippen LogP contribution < -0.4 is 19.2 Å². The molecule has 0 bridgehead atoms. The van der Waals surface area contributed by atoms with E-state index in [9.17, 15) is 13.2 Å². The van der Waals surface area contributed by atoms with E-state index in [4.69, 9.17) is 21.1 Å². The van der Waals surface area contributed by atoms with Crippen LogP contribution in [-0.2, 0) is 14.8 Å². The molecule has 3 rings (SSSR count). The Kier molecular flexibility index (Phi) is 8.14. The highest BCUT2D eigenvalue weighted by atomic mass is 35.5. The van der Waals surface area contributed by atoms with Gasteiger partial charge in [0.05, 0.1) is 31.0 Å². The Morgan fingerprint density at radius 1 is 1.06 bits per heavy atom. The highest BCUT2D eigenvalue weighted by Crippen LogP contribution is 2.35. The van der Waals surface area contributed by atoms with Gasteiger partial charge < -0.3 is 9.47 Å². The van der Waals surface area contributed by atoms with E-state index in [1.165, 1.54) is 38.6 Å². The zero-order chi connectivity index (χ0) is 24.7. The molecule has 3 aromatic carbocycles. The topological polar surface area (TPSA) is 97.3 Å². The number of carbonyl (C=O) groups is 1. The molecule has 0 unspecified atom stereocenters. The van der Waals surface area contributed by atoms with Crippen molar-refractivity contribution in [2.45, 2.75) is 11.8 Å². The van der Waals surface area contributed by atoms with Crippen LogP contribution in [0.5, 0.6) is 11.5 Å². The summed E-state index contributed by atoms with van der Waals surface area (Å²) >= 11 is 6.09. The Morgan fingerprint density at radius 3 is 2.41 bits per heavy atom. The van der Waals surface area contributed by atoms with Crippen molar-refractivity contribution in [3.8, 4) is 11.5 Å². The first-order chi connectivity index (χ1) is 16.3. The van der Waals surface area contributed by atoms with Crippen LogP contribution in [0.15, 0.2) is 76.7 Å². The molecule has 34 heavy (non-hydrogen) atoms. The number of amides is 1. The second kappa shape index (κ2) is 11.0. The number of benzene rings is 3. The molecule has 1 amide bonds. The van der Waals surface area contributed by atoms with E-state index in [-0.39, 0.29) is 16.3 Å². The van der Waals surface area contributed by atoms with Crippen molar-refractivity contribution in [2.24, 2.45) is 5.10 Å². The molecule has 178 valence electrons. The number of ether oxygens (including phenoxy) is 2. The van der Waals surface area contributed by atoms with Crippen molar-refractivity contribution in [2.75, 3.05) is 25.1 Å². The Morgan fingerprint density at radius 2 is 1.76 bits per heavy atom. The summed E-state index contributed by atoms with van der Waals surface area (Å²) in [5.74, 6) is 0.0429. The summed E-state index contributed by atoms with van der Waals surface area (Å²) in [6, 6.07) is 18.0. The molecule has 0 heterocycles. The lowest BCUT2D eigenvalue weighted by molar-refractivity contribution is -0.119. The van der Waals surface area contributed by atoms with Gasteiger partial charge in [0.25, 0.3) is 15.9 Å². The van der Waals surface area contributed by atoms with Crippen LogP contribution in [0.3, 0.4) is 0 Å². The Bertz CT molecular complexity index is 1290. The maximum absolute atomic E-state index is 13.5. The van der Waals surface area contributed by atoms with E-state index in [1.807, 2.05) is 6.92 Å². The molecule has 0 aliphatic rings. The van der Waals surface area contributed by atoms with Crippen LogP contribution in [-0.4, -0.2) is 41.3 Å². The van der Waals surface area contributed by atoms with E-state index >= 15 is 0 Å². The van der Waals surface area contributed by atoms with Crippen molar-refractivity contribution < 1.29 is 22.7 Å². The van der Waals surface area contributed by atoms with Crippen LogP contribution in [0, 0.1) is 6.92 Å². The van der Waals surface area contributed by atoms with Gasteiger partial charge in [-0.25, -0.2) is 13.8 Å². The molecule has 0 spiro atoms. The number of nitrogens with one attached hydrogen (secondary N) is 1. The lowest BCUT2D eigenvalue weighted by atomic mass is 10.2. The molecular weight excluding hydrogens is 478 g/mol. The van der Waals surface area contributed by atoms with Gasteiger partial charge in [-0.2, -0.15) is 5.10 Å². The largest absolute Gasteiger partial charge is 0.497 e. The summed E-state index contributed by atoms with van der Waals surface area (Å²) in [6.45, 7) is 1.31. The lowest BCUT2D eigenvalue weighted by Crippen LogP contribution is -2.39. The fourth-order valence-electron chi connectivity index (χ4n) is 3.05. The fourth-order valence-corrected chi connectivity index (χ4v) is 4.66. The third-order valence-electron chi connectivity index (χ3n) is 4.85. The van der Waals surface area contributed by atoms with Crippen LogP contribution in [0.25, 0.3) is 0 Å². The first kappa shape index (κ1) is 25.1. The monoisotopic (exact) mass is 501 g/mol. The summed E-state index contributed by atoms with van der Waals surface area (Å²) in [4.78, 5) is 12.8. The van der Waals surface area contributed by atoms with Crippen molar-refractivity contribution in [3.63, 3.8) is 0 Å². The number of rotatable bonds is 9. The van der Waals surface area contributed by atoms with Gasteiger partial charge in [-0.15, -0.1) is 0 Å². The molecule has 3 aromatic rings. The summed E-state index contributed by atoms with van der Waals surface area (Å²) in [7, 11) is -1.23. The molecular formula is C24H24ClN3O5S. The Labute approximate surface area is 203 Å². The van der Waals surface area contributed by atoms with Gasteiger partial charge in [-0.3, -0.25) is 9.10 Å². The summed E-state index contributed by atoms with van der Waals surface area (Å²) in [5, 5.41) is 4.37. The van der Waals surface area contributed by atoms with Crippen LogP contribution >= 0.6 is 11.6 Å².